The third-order valence-corrected chi connectivity index (χ3v) is 3.77. The fraction of sp³-hybridized carbons (Fsp3) is 0.222. The molecule has 0 saturated carbocycles. The molecule has 0 saturated heterocycles. The van der Waals surface area contributed by atoms with Crippen molar-refractivity contribution in [1.29, 1.82) is 0 Å². The minimum Gasteiger partial charge on any atom is -0.324 e. The van der Waals surface area contributed by atoms with E-state index in [-0.39, 0.29) is 12.5 Å². The lowest BCUT2D eigenvalue weighted by Crippen LogP contribution is -2.21. The Morgan fingerprint density at radius 3 is 2.67 bits per heavy atom. The number of hydrogen-bond acceptors (Lipinski definition) is 4. The van der Waals surface area contributed by atoms with E-state index in [1.807, 2.05) is 55.5 Å². The number of nitrogens with zero attached hydrogens (tertiary/aromatic N) is 4. The van der Waals surface area contributed by atoms with Gasteiger partial charge in [-0.15, -0.1) is 10.2 Å². The molecule has 0 aliphatic heterocycles. The fourth-order valence-electron chi connectivity index (χ4n) is 2.52. The Morgan fingerprint density at radius 1 is 1.12 bits per heavy atom. The lowest BCUT2D eigenvalue weighted by molar-refractivity contribution is -0.117. The van der Waals surface area contributed by atoms with E-state index in [1.165, 1.54) is 4.80 Å². The van der Waals surface area contributed by atoms with Gasteiger partial charge in [0.15, 0.2) is 0 Å². The van der Waals surface area contributed by atoms with Crippen molar-refractivity contribution in [2.24, 2.45) is 0 Å². The van der Waals surface area contributed by atoms with Crippen molar-refractivity contribution < 1.29 is 4.79 Å². The zero-order chi connectivity index (χ0) is 16.9. The smallest absolute Gasteiger partial charge is 0.248 e. The Morgan fingerprint density at radius 2 is 1.92 bits per heavy atom. The molecule has 1 aromatic heterocycles. The number of nitrogens with one attached hydrogen (secondary N) is 1. The van der Waals surface area contributed by atoms with Crippen LogP contribution >= 0.6 is 0 Å². The highest BCUT2D eigenvalue weighted by Crippen LogP contribution is 2.21. The topological polar surface area (TPSA) is 72.7 Å². The molecule has 0 bridgehead atoms. The molecule has 1 N–H and O–H groups in total. The zero-order valence-electron chi connectivity index (χ0n) is 13.7. The largest absolute Gasteiger partial charge is 0.324 e. The summed E-state index contributed by atoms with van der Waals surface area (Å²) in [7, 11) is 0. The van der Waals surface area contributed by atoms with Gasteiger partial charge in [-0.1, -0.05) is 55.5 Å². The third-order valence-electron chi connectivity index (χ3n) is 3.77. The highest BCUT2D eigenvalue weighted by molar-refractivity contribution is 5.92. The van der Waals surface area contributed by atoms with Crippen LogP contribution in [0, 0.1) is 6.92 Å². The minimum absolute atomic E-state index is 0.0251. The number of para-hydroxylation sites is 1. The molecule has 122 valence electrons. The average Bonchev–Trinajstić information content (AvgIpc) is 3.06. The van der Waals surface area contributed by atoms with Crippen LogP contribution in [0.2, 0.25) is 0 Å². The number of aryl methyl sites for hydroxylation is 2. The van der Waals surface area contributed by atoms with Crippen LogP contribution in [0.15, 0.2) is 48.5 Å². The molecule has 1 heterocycles. The van der Waals surface area contributed by atoms with Crippen molar-refractivity contribution in [1.82, 2.24) is 20.2 Å². The summed E-state index contributed by atoms with van der Waals surface area (Å²) in [4.78, 5) is 13.6. The molecule has 0 fully saturated rings. The second-order valence-corrected chi connectivity index (χ2v) is 5.52. The van der Waals surface area contributed by atoms with E-state index in [0.717, 1.165) is 28.8 Å². The van der Waals surface area contributed by atoms with Crippen LogP contribution in [-0.2, 0) is 17.8 Å². The van der Waals surface area contributed by atoms with Crippen LogP contribution in [-0.4, -0.2) is 26.1 Å². The Hall–Kier alpha value is -3.02. The van der Waals surface area contributed by atoms with Crippen molar-refractivity contribution in [2.75, 3.05) is 5.32 Å². The number of aromatic nitrogens is 4. The fourth-order valence-corrected chi connectivity index (χ4v) is 2.52. The number of anilines is 1. The maximum Gasteiger partial charge on any atom is 0.248 e. The molecular weight excluding hydrogens is 302 g/mol. The molecule has 3 rings (SSSR count). The second kappa shape index (κ2) is 7.04. The lowest BCUT2D eigenvalue weighted by atomic mass is 10.1. The minimum atomic E-state index is -0.170. The first kappa shape index (κ1) is 15.9. The second-order valence-electron chi connectivity index (χ2n) is 5.52. The summed E-state index contributed by atoms with van der Waals surface area (Å²) in [5.41, 5.74) is 3.89. The lowest BCUT2D eigenvalue weighted by Gasteiger charge is -2.12. The molecule has 0 atom stereocenters. The van der Waals surface area contributed by atoms with Crippen LogP contribution in [0.4, 0.5) is 5.69 Å². The van der Waals surface area contributed by atoms with Gasteiger partial charge in [0.05, 0.1) is 0 Å². The number of carbonyl (C=O) groups excluding carboxylic acids is 1. The van der Waals surface area contributed by atoms with Gasteiger partial charge >= 0.3 is 0 Å². The van der Waals surface area contributed by atoms with Crippen LogP contribution in [0.1, 0.15) is 18.1 Å². The molecule has 6 nitrogen and oxygen atoms in total. The molecule has 3 aromatic rings. The number of rotatable bonds is 5. The SMILES string of the molecule is CCc1cccc(C)c1NC(=O)Cn1nnc(-c2ccccc2)n1. The Kier molecular flexibility index (Phi) is 4.65. The number of tetrazole rings is 1. The predicted molar refractivity (Wildman–Crippen MR) is 92.4 cm³/mol. The van der Waals surface area contributed by atoms with Crippen LogP contribution in [0.3, 0.4) is 0 Å². The van der Waals surface area contributed by atoms with E-state index >= 15 is 0 Å². The first-order chi connectivity index (χ1) is 11.7. The summed E-state index contributed by atoms with van der Waals surface area (Å²) >= 11 is 0. The molecule has 0 unspecified atom stereocenters. The van der Waals surface area contributed by atoms with Crippen molar-refractivity contribution >= 4 is 11.6 Å². The maximum atomic E-state index is 12.3. The highest BCUT2D eigenvalue weighted by Gasteiger charge is 2.12. The molecule has 6 heteroatoms. The van der Waals surface area contributed by atoms with Gasteiger partial charge < -0.3 is 5.32 Å². The van der Waals surface area contributed by atoms with Crippen molar-refractivity contribution in [2.45, 2.75) is 26.8 Å². The first-order valence-electron chi connectivity index (χ1n) is 7.89. The van der Waals surface area contributed by atoms with E-state index in [9.17, 15) is 4.79 Å². The van der Waals surface area contributed by atoms with Crippen molar-refractivity contribution in [3.8, 4) is 11.4 Å². The zero-order valence-corrected chi connectivity index (χ0v) is 13.7. The Bertz CT molecular complexity index is 842. The van der Waals surface area contributed by atoms with Gasteiger partial charge in [0.25, 0.3) is 0 Å². The monoisotopic (exact) mass is 321 g/mol. The molecule has 0 spiro atoms. The molecule has 2 aromatic carbocycles. The number of carbonyl (C=O) groups is 1. The van der Waals surface area contributed by atoms with Crippen LogP contribution in [0.25, 0.3) is 11.4 Å². The third kappa shape index (κ3) is 3.48. The van der Waals surface area contributed by atoms with Crippen LogP contribution < -0.4 is 5.32 Å². The van der Waals surface area contributed by atoms with E-state index in [2.05, 4.69) is 27.7 Å². The molecule has 0 aliphatic rings. The standard InChI is InChI=1S/C18H19N5O/c1-3-14-11-7-8-13(2)17(14)19-16(24)12-23-21-18(20-22-23)15-9-5-4-6-10-15/h4-11H,3,12H2,1-2H3,(H,19,24). The molecule has 24 heavy (non-hydrogen) atoms. The van der Waals surface area contributed by atoms with E-state index in [4.69, 9.17) is 0 Å². The normalized spacial score (nSPS) is 10.6. The summed E-state index contributed by atoms with van der Waals surface area (Å²) in [6.45, 7) is 4.07. The molecule has 0 aliphatic carbocycles. The number of hydrogen-bond donors (Lipinski definition) is 1. The number of benzene rings is 2. The summed E-state index contributed by atoms with van der Waals surface area (Å²) in [5.74, 6) is 0.338. The Balaban J connectivity index is 1.71. The van der Waals surface area contributed by atoms with Crippen LogP contribution in [0.5, 0.6) is 0 Å². The average molecular weight is 321 g/mol. The summed E-state index contributed by atoms with van der Waals surface area (Å²) in [6.07, 6.45) is 0.858. The van der Waals surface area contributed by atoms with Crippen molar-refractivity contribution in [3.63, 3.8) is 0 Å². The molecule has 0 radical (unpaired) electrons. The van der Waals surface area contributed by atoms with Gasteiger partial charge in [0, 0.05) is 11.3 Å². The van der Waals surface area contributed by atoms with Gasteiger partial charge in [0.2, 0.25) is 11.7 Å². The number of amides is 1. The predicted octanol–water partition coefficient (Wildman–Crippen LogP) is 2.85. The van der Waals surface area contributed by atoms with Crippen molar-refractivity contribution in [3.05, 3.63) is 59.7 Å². The molecule has 1 amide bonds. The summed E-state index contributed by atoms with van der Waals surface area (Å²) < 4.78 is 0. The Labute approximate surface area is 140 Å². The van der Waals surface area contributed by atoms with Gasteiger partial charge in [0.1, 0.15) is 6.54 Å². The van der Waals surface area contributed by atoms with E-state index < -0.39 is 0 Å². The van der Waals surface area contributed by atoms with Gasteiger partial charge in [-0.25, -0.2) is 0 Å². The van der Waals surface area contributed by atoms with E-state index in [0.29, 0.717) is 5.82 Å². The van der Waals surface area contributed by atoms with E-state index in [1.54, 1.807) is 0 Å². The first-order valence-corrected chi connectivity index (χ1v) is 7.89. The summed E-state index contributed by atoms with van der Waals surface area (Å²) in [5, 5.41) is 15.2. The van der Waals surface area contributed by atoms with Gasteiger partial charge in [-0.2, -0.15) is 4.80 Å². The maximum absolute atomic E-state index is 12.3. The van der Waals surface area contributed by atoms with Gasteiger partial charge in [-0.3, -0.25) is 4.79 Å². The highest BCUT2D eigenvalue weighted by atomic mass is 16.2. The molecular formula is C18H19N5O. The summed E-state index contributed by atoms with van der Waals surface area (Å²) in [6, 6.07) is 15.6. The van der Waals surface area contributed by atoms with Gasteiger partial charge in [-0.05, 0) is 29.7 Å². The quantitative estimate of drug-likeness (QED) is 0.784.